The van der Waals surface area contributed by atoms with Gasteiger partial charge in [-0.25, -0.2) is 13.2 Å². The maximum atomic E-state index is 14.9. The number of nitrogens with one attached hydrogen (secondary N) is 1. The van der Waals surface area contributed by atoms with Gasteiger partial charge >= 0.3 is 36.8 Å². The molecule has 0 radical (unpaired) electrons. The molecular formula is C69H72Cl3F3ILiN9O10-. The topological polar surface area (TPSA) is 243 Å². The quantitative estimate of drug-likeness (QED) is 0.0622. The van der Waals surface area contributed by atoms with E-state index in [9.17, 15) is 47.0 Å². The van der Waals surface area contributed by atoms with Gasteiger partial charge in [0.15, 0.2) is 11.6 Å². The van der Waals surface area contributed by atoms with Crippen molar-refractivity contribution in [2.45, 2.75) is 98.2 Å². The molecule has 0 spiro atoms. The number of carboxylic acid groups (broad SMARTS) is 1. The summed E-state index contributed by atoms with van der Waals surface area (Å²) in [6.07, 6.45) is 3.81. The molecule has 0 bridgehead atoms. The first-order chi connectivity index (χ1) is 44.4. The summed E-state index contributed by atoms with van der Waals surface area (Å²) in [7, 11) is 2.83. The van der Waals surface area contributed by atoms with Crippen molar-refractivity contribution >= 4 is 137 Å². The molecule has 27 heteroatoms. The number of rotatable bonds is 8. The maximum Gasteiger partial charge on any atom is 1.00 e. The molecule has 3 aliphatic rings. The second-order valence-electron chi connectivity index (χ2n) is 23.3. The molecule has 9 aromatic rings. The van der Waals surface area contributed by atoms with Gasteiger partial charge in [-0.2, -0.15) is 19.1 Å². The Bertz CT molecular complexity index is 4300. The van der Waals surface area contributed by atoms with Gasteiger partial charge in [0.05, 0.1) is 96.4 Å². The Labute approximate surface area is 594 Å². The van der Waals surface area contributed by atoms with Crippen molar-refractivity contribution in [2.24, 2.45) is 17.8 Å². The Morgan fingerprint density at radius 3 is 1.24 bits per heavy atom. The molecule has 6 unspecified atom stereocenters. The summed E-state index contributed by atoms with van der Waals surface area (Å²) in [6.45, 7) is 13.2. The molecule has 6 heterocycles. The number of carboxylic acids is 1. The van der Waals surface area contributed by atoms with Gasteiger partial charge in [-0.1, -0.05) is 89.4 Å². The van der Waals surface area contributed by atoms with Gasteiger partial charge in [-0.3, -0.25) is 28.8 Å². The SMILES string of the molecule is COC(=O)C1CCN(c2nn(C(=O)c3c(C)cccc3Cl)c3cccc(F)c23)C(C)C1.COC(=O)C1CCNC(C)C1.Cc1cccc(Cl)c1C(=O)n1nc(I)c2c(F)cccc21.Cc1cccc(Cl)c1C(=O)n1nc(N2CCC(C(=O)O)CC2C)c2c(F)cccc21.[CH3-].[Li+].[OH-]. The van der Waals surface area contributed by atoms with Crippen LogP contribution < -0.4 is 34.0 Å². The minimum absolute atomic E-state index is 0. The maximum absolute atomic E-state index is 14.9. The summed E-state index contributed by atoms with van der Waals surface area (Å²) in [6, 6.07) is 29.5. The van der Waals surface area contributed by atoms with E-state index in [0.717, 1.165) is 24.9 Å². The van der Waals surface area contributed by atoms with Crippen LogP contribution in [0.25, 0.3) is 32.7 Å². The standard InChI is InChI=1S/C23H23ClFN3O3.C22H21ClFN3O3.C15H9ClFIN2O.C8H15NO2.CH3.Li.H2O/c1-13-6-4-7-16(24)19(13)22(29)28-18-9-5-8-17(25)20(18)21(26-28)27-11-10-15(12-14(27)2)23(30)31-3;1-12-5-3-6-15(23)18(12)21(28)27-17-8-4-7-16(24)19(17)20(25-27)26-10-9-14(22(29)30)11-13(26)2;1-8-4-2-5-9(16)12(8)15(21)20-11-7-3-6-10(17)13(11)14(18)19-20;1-6-5-7(3-4-9-6)8(10)11-2;;;/h4-9,14-15H,10-12H2,1-3H3;3-8,13-14H,9-11H2,1-2H3,(H,29,30);2-7H,1H3;6-7,9H,3-5H2,1-2H3;1H3;;1H2/q;;;;-1;+1;/p-1. The van der Waals surface area contributed by atoms with Gasteiger partial charge in [0.25, 0.3) is 17.7 Å². The average molecular weight is 1480 g/mol. The molecule has 12 rings (SSSR count). The van der Waals surface area contributed by atoms with Gasteiger partial charge in [0.2, 0.25) is 0 Å². The van der Waals surface area contributed by atoms with Crippen molar-refractivity contribution in [3.8, 4) is 0 Å². The largest absolute Gasteiger partial charge is 1.00 e. The summed E-state index contributed by atoms with van der Waals surface area (Å²) in [5.41, 5.74) is 4.36. The summed E-state index contributed by atoms with van der Waals surface area (Å²) in [4.78, 5) is 77.7. The van der Waals surface area contributed by atoms with Gasteiger partial charge in [-0.15, -0.1) is 10.2 Å². The van der Waals surface area contributed by atoms with Crippen LogP contribution in [0, 0.1) is 67.1 Å². The Kier molecular flexibility index (Phi) is 27.3. The number of benzene rings is 6. The fourth-order valence-electron chi connectivity index (χ4n) is 12.3. The van der Waals surface area contributed by atoms with Crippen molar-refractivity contribution in [1.29, 1.82) is 0 Å². The minimum atomic E-state index is -0.826. The smallest absolute Gasteiger partial charge is 0.870 e. The van der Waals surface area contributed by atoms with Crippen molar-refractivity contribution in [3.63, 3.8) is 0 Å². The zero-order valence-electron chi connectivity index (χ0n) is 54.6. The molecule has 3 fully saturated rings. The van der Waals surface area contributed by atoms with Gasteiger partial charge in [-0.05, 0) is 180 Å². The summed E-state index contributed by atoms with van der Waals surface area (Å²) < 4.78 is 57.3. The van der Waals surface area contributed by atoms with E-state index in [1.54, 1.807) is 106 Å². The van der Waals surface area contributed by atoms with Crippen LogP contribution in [0.2, 0.25) is 15.1 Å². The van der Waals surface area contributed by atoms with Crippen molar-refractivity contribution in [3.05, 3.63) is 186 Å². The van der Waals surface area contributed by atoms with Crippen LogP contribution in [0.15, 0.2) is 109 Å². The molecule has 6 atom stereocenters. The van der Waals surface area contributed by atoms with Crippen LogP contribution in [0.3, 0.4) is 0 Å². The number of hydrogen-bond acceptors (Lipinski definition) is 15. The molecule has 6 aromatic carbocycles. The van der Waals surface area contributed by atoms with E-state index >= 15 is 0 Å². The Morgan fingerprint density at radius 2 is 0.875 bits per heavy atom. The summed E-state index contributed by atoms with van der Waals surface area (Å²) in [5.74, 6) is -3.46. The minimum Gasteiger partial charge on any atom is -0.870 e. The van der Waals surface area contributed by atoms with Crippen LogP contribution in [0.5, 0.6) is 0 Å². The van der Waals surface area contributed by atoms with Gasteiger partial charge < -0.3 is 42.6 Å². The number of aliphatic carboxylic acids is 1. The number of carbonyl (C=O) groups is 6. The number of ether oxygens (including phenoxy) is 2. The predicted molar refractivity (Wildman–Crippen MR) is 369 cm³/mol. The normalized spacial score (nSPS) is 18.2. The molecule has 0 saturated carbocycles. The van der Waals surface area contributed by atoms with E-state index < -0.39 is 41.2 Å². The Hall–Kier alpha value is -7.34. The summed E-state index contributed by atoms with van der Waals surface area (Å²) >= 11 is 20.6. The number of anilines is 2. The number of aromatic nitrogens is 6. The number of esters is 2. The molecule has 19 nitrogen and oxygen atoms in total. The van der Waals surface area contributed by atoms with Crippen molar-refractivity contribution in [2.75, 3.05) is 43.7 Å². The van der Waals surface area contributed by atoms with E-state index in [0.29, 0.717) is 125 Å². The zero-order valence-corrected chi connectivity index (χ0v) is 59.0. The van der Waals surface area contributed by atoms with Crippen LogP contribution in [0.4, 0.5) is 24.8 Å². The first kappa shape index (κ1) is 77.7. The zero-order chi connectivity index (χ0) is 67.3. The second-order valence-corrected chi connectivity index (χ2v) is 25.5. The van der Waals surface area contributed by atoms with Gasteiger partial charge in [0, 0.05) is 31.2 Å². The molecule has 96 heavy (non-hydrogen) atoms. The monoisotopic (exact) mass is 1480 g/mol. The predicted octanol–water partition coefficient (Wildman–Crippen LogP) is 11.4. The van der Waals surface area contributed by atoms with E-state index in [-0.39, 0.29) is 84.3 Å². The molecule has 3 N–H and O–H groups in total. The number of carbonyl (C=O) groups excluding carboxylic acids is 5. The van der Waals surface area contributed by atoms with Crippen LogP contribution in [-0.2, 0) is 23.9 Å². The number of aryl methyl sites for hydroxylation is 3. The molecule has 3 saturated heterocycles. The third kappa shape index (κ3) is 16.4. The van der Waals surface area contributed by atoms with Gasteiger partial charge in [0.1, 0.15) is 21.2 Å². The van der Waals surface area contributed by atoms with E-state index in [4.69, 9.17) is 39.5 Å². The first-order valence-electron chi connectivity index (χ1n) is 30.1. The fourth-order valence-corrected chi connectivity index (χ4v) is 13.9. The number of fused-ring (bicyclic) bond motifs is 3. The third-order valence-electron chi connectivity index (χ3n) is 17.1. The van der Waals surface area contributed by atoms with Crippen LogP contribution in [-0.4, -0.2) is 128 Å². The van der Waals surface area contributed by atoms with Crippen molar-refractivity contribution < 1.29 is 80.9 Å². The molecule has 3 aliphatic heterocycles. The number of methoxy groups -OCH3 is 2. The van der Waals surface area contributed by atoms with E-state index in [2.05, 4.69) is 32.3 Å². The first-order valence-corrected chi connectivity index (χ1v) is 32.3. The third-order valence-corrected chi connectivity index (χ3v) is 18.8. The summed E-state index contributed by atoms with van der Waals surface area (Å²) in [5, 5.41) is 27.7. The average Bonchev–Trinajstić information content (AvgIpc) is 1.64. The number of piperidine rings is 3. The van der Waals surface area contributed by atoms with Crippen LogP contribution >= 0.6 is 57.4 Å². The Balaban J connectivity index is 0.000000211. The van der Waals surface area contributed by atoms with Crippen molar-refractivity contribution in [1.82, 2.24) is 34.7 Å². The molecular weight excluding hydrogens is 1410 g/mol. The molecule has 3 aromatic heterocycles. The molecule has 504 valence electrons. The second kappa shape index (κ2) is 33.7. The fraction of sp³-hybridized carbons (Fsp3) is 0.333. The number of halogens is 7. The molecule has 0 amide bonds. The number of nitrogens with zero attached hydrogens (tertiary/aromatic N) is 8. The van der Waals surface area contributed by atoms with E-state index in [1.165, 1.54) is 52.5 Å². The molecule has 0 aliphatic carbocycles. The van der Waals surface area contributed by atoms with E-state index in [1.807, 2.05) is 46.2 Å². The van der Waals surface area contributed by atoms with Crippen LogP contribution in [0.1, 0.15) is 107 Å². The number of hydrogen-bond donors (Lipinski definition) is 2. The Morgan fingerprint density at radius 1 is 0.531 bits per heavy atom.